The van der Waals surface area contributed by atoms with Gasteiger partial charge in [-0.1, -0.05) is 0 Å². The monoisotopic (exact) mass is 251 g/mol. The minimum absolute atomic E-state index is 0.0262. The number of methoxy groups -OCH3 is 1. The maximum atomic E-state index is 11.6. The van der Waals surface area contributed by atoms with Crippen LogP contribution in [0.3, 0.4) is 0 Å². The molecular weight excluding hydrogens is 242 g/mol. The van der Waals surface area contributed by atoms with Crippen LogP contribution < -0.4 is 0 Å². The average molecular weight is 251 g/mol. The van der Waals surface area contributed by atoms with Crippen molar-refractivity contribution in [3.63, 3.8) is 0 Å². The molecule has 0 saturated heterocycles. The molecular formula is C11H9NO6. The van der Waals surface area contributed by atoms with Crippen molar-refractivity contribution < 1.29 is 24.4 Å². The maximum Gasteiger partial charge on any atom is 0.334 e. The number of aliphatic hydroxyl groups excluding tert-OH is 1. The van der Waals surface area contributed by atoms with E-state index in [1.54, 1.807) is 0 Å². The smallest absolute Gasteiger partial charge is 0.334 e. The zero-order valence-electron chi connectivity index (χ0n) is 9.32. The van der Waals surface area contributed by atoms with Crippen molar-refractivity contribution in [1.82, 2.24) is 0 Å². The average Bonchev–Trinajstić information content (AvgIpc) is 2.37. The van der Waals surface area contributed by atoms with Crippen molar-refractivity contribution >= 4 is 17.4 Å². The van der Waals surface area contributed by atoms with Crippen LogP contribution in [0.15, 0.2) is 36.1 Å². The lowest BCUT2D eigenvalue weighted by molar-refractivity contribution is -0.384. The molecule has 0 amide bonds. The number of ether oxygens (including phenoxy) is 1. The van der Waals surface area contributed by atoms with Gasteiger partial charge in [0.15, 0.2) is 5.76 Å². The summed E-state index contributed by atoms with van der Waals surface area (Å²) < 4.78 is 4.24. The molecule has 0 saturated carbocycles. The molecule has 0 aliphatic heterocycles. The highest BCUT2D eigenvalue weighted by molar-refractivity contribution is 6.09. The Hall–Kier alpha value is -2.70. The van der Waals surface area contributed by atoms with E-state index in [2.05, 4.69) is 4.74 Å². The number of rotatable bonds is 4. The van der Waals surface area contributed by atoms with Crippen LogP contribution in [0.5, 0.6) is 0 Å². The molecule has 0 aromatic heterocycles. The number of nitro benzene ring substituents is 1. The lowest BCUT2D eigenvalue weighted by Gasteiger charge is -1.99. The highest BCUT2D eigenvalue weighted by Crippen LogP contribution is 2.14. The number of benzene rings is 1. The number of nitrogens with zero attached hydrogens (tertiary/aromatic N) is 1. The second-order valence-electron chi connectivity index (χ2n) is 3.19. The van der Waals surface area contributed by atoms with Gasteiger partial charge in [0, 0.05) is 17.7 Å². The number of hydrogen-bond donors (Lipinski definition) is 1. The minimum Gasteiger partial charge on any atom is -0.504 e. The van der Waals surface area contributed by atoms with Gasteiger partial charge in [0.2, 0.25) is 5.78 Å². The van der Waals surface area contributed by atoms with E-state index in [4.69, 9.17) is 0 Å². The molecule has 0 radical (unpaired) electrons. The molecule has 1 aromatic carbocycles. The van der Waals surface area contributed by atoms with Crippen LogP contribution in [-0.2, 0) is 9.53 Å². The fourth-order valence-corrected chi connectivity index (χ4v) is 1.12. The summed E-state index contributed by atoms with van der Waals surface area (Å²) in [6, 6.07) is 4.61. The molecule has 0 aliphatic rings. The van der Waals surface area contributed by atoms with Crippen molar-refractivity contribution in [3.8, 4) is 0 Å². The minimum atomic E-state index is -0.872. The van der Waals surface area contributed by atoms with Crippen molar-refractivity contribution in [3.05, 3.63) is 51.8 Å². The quantitative estimate of drug-likeness (QED) is 0.216. The maximum absolute atomic E-state index is 11.6. The van der Waals surface area contributed by atoms with Crippen LogP contribution in [0.4, 0.5) is 5.69 Å². The Kier molecular flexibility index (Phi) is 4.14. The molecule has 18 heavy (non-hydrogen) atoms. The van der Waals surface area contributed by atoms with E-state index in [-0.39, 0.29) is 11.3 Å². The normalized spacial score (nSPS) is 10.8. The molecule has 7 heteroatoms. The largest absolute Gasteiger partial charge is 0.504 e. The van der Waals surface area contributed by atoms with E-state index in [1.165, 1.54) is 12.1 Å². The van der Waals surface area contributed by atoms with Gasteiger partial charge in [-0.2, -0.15) is 0 Å². The third-order valence-electron chi connectivity index (χ3n) is 2.03. The summed E-state index contributed by atoms with van der Waals surface area (Å²) in [6.07, 6.45) is 0.629. The predicted molar refractivity (Wildman–Crippen MR) is 60.2 cm³/mol. The van der Waals surface area contributed by atoms with Crippen LogP contribution >= 0.6 is 0 Å². The molecule has 0 aliphatic carbocycles. The van der Waals surface area contributed by atoms with Crippen LogP contribution in [0.1, 0.15) is 10.4 Å². The number of non-ortho nitro benzene ring substituents is 1. The number of hydrogen-bond acceptors (Lipinski definition) is 6. The molecule has 0 bridgehead atoms. The third-order valence-corrected chi connectivity index (χ3v) is 2.03. The topological polar surface area (TPSA) is 107 Å². The van der Waals surface area contributed by atoms with Gasteiger partial charge in [-0.3, -0.25) is 14.9 Å². The second kappa shape index (κ2) is 5.58. The number of ketones is 1. The molecule has 0 atom stereocenters. The summed E-state index contributed by atoms with van der Waals surface area (Å²) in [4.78, 5) is 32.2. The van der Waals surface area contributed by atoms with E-state index in [0.29, 0.717) is 6.08 Å². The predicted octanol–water partition coefficient (Wildman–Crippen LogP) is 1.39. The van der Waals surface area contributed by atoms with Gasteiger partial charge in [-0.05, 0) is 12.1 Å². The summed E-state index contributed by atoms with van der Waals surface area (Å²) in [5.41, 5.74) is -0.152. The summed E-state index contributed by atoms with van der Waals surface area (Å²) in [5.74, 6) is -2.49. The number of esters is 1. The fraction of sp³-hybridized carbons (Fsp3) is 0.0909. The highest BCUT2D eigenvalue weighted by Gasteiger charge is 2.14. The number of allylic oxidation sites excluding steroid dienone is 1. The summed E-state index contributed by atoms with van der Waals surface area (Å²) in [5, 5.41) is 19.7. The standard InChI is InChI=1S/C11H9NO6/c1-18-10(14)6-9(13)11(15)7-2-4-8(5-3-7)12(16)17/h2-6,13H,1H3/b9-6+. The molecule has 0 fully saturated rings. The first-order valence-corrected chi connectivity index (χ1v) is 4.73. The first kappa shape index (κ1) is 13.4. The van der Waals surface area contributed by atoms with Crippen LogP contribution in [0.2, 0.25) is 0 Å². The van der Waals surface area contributed by atoms with Gasteiger partial charge < -0.3 is 9.84 Å². The van der Waals surface area contributed by atoms with E-state index >= 15 is 0 Å². The van der Waals surface area contributed by atoms with E-state index < -0.39 is 22.4 Å². The van der Waals surface area contributed by atoms with E-state index in [1.807, 2.05) is 0 Å². The zero-order valence-corrected chi connectivity index (χ0v) is 9.32. The molecule has 1 rings (SSSR count). The molecule has 1 aromatic rings. The van der Waals surface area contributed by atoms with Gasteiger partial charge in [-0.15, -0.1) is 0 Å². The fourth-order valence-electron chi connectivity index (χ4n) is 1.12. The number of aliphatic hydroxyl groups is 1. The Bertz CT molecular complexity index is 517. The third kappa shape index (κ3) is 3.14. The SMILES string of the molecule is COC(=O)/C=C(/O)C(=O)c1ccc([N+](=O)[O-])cc1. The van der Waals surface area contributed by atoms with Gasteiger partial charge >= 0.3 is 5.97 Å². The number of nitro groups is 1. The first-order valence-electron chi connectivity index (χ1n) is 4.73. The summed E-state index contributed by atoms with van der Waals surface area (Å²) >= 11 is 0. The summed E-state index contributed by atoms with van der Waals surface area (Å²) in [6.45, 7) is 0. The lowest BCUT2D eigenvalue weighted by atomic mass is 10.1. The van der Waals surface area contributed by atoms with Gasteiger partial charge in [0.25, 0.3) is 5.69 Å². The number of Topliss-reactive ketones (excluding diaryl/α,β-unsaturated/α-hetero) is 1. The zero-order chi connectivity index (χ0) is 13.7. The highest BCUT2D eigenvalue weighted by atomic mass is 16.6. The molecule has 0 spiro atoms. The van der Waals surface area contributed by atoms with E-state index in [0.717, 1.165) is 19.2 Å². The van der Waals surface area contributed by atoms with Gasteiger partial charge in [0.1, 0.15) is 0 Å². The Balaban J connectivity index is 2.94. The van der Waals surface area contributed by atoms with Gasteiger partial charge in [-0.25, -0.2) is 4.79 Å². The van der Waals surface area contributed by atoms with Crippen molar-refractivity contribution in [2.45, 2.75) is 0 Å². The number of carbonyl (C=O) groups is 2. The lowest BCUT2D eigenvalue weighted by Crippen LogP contribution is -2.06. The van der Waals surface area contributed by atoms with Crippen LogP contribution in [-0.4, -0.2) is 28.9 Å². The van der Waals surface area contributed by atoms with Crippen LogP contribution in [0, 0.1) is 10.1 Å². The number of carbonyl (C=O) groups excluding carboxylic acids is 2. The Morgan fingerprint density at radius 2 is 1.89 bits per heavy atom. The molecule has 1 N–H and O–H groups in total. The van der Waals surface area contributed by atoms with Gasteiger partial charge in [0.05, 0.1) is 18.1 Å². The Labute approximate surface area is 101 Å². The van der Waals surface area contributed by atoms with Crippen LogP contribution in [0.25, 0.3) is 0 Å². The Morgan fingerprint density at radius 3 is 2.33 bits per heavy atom. The second-order valence-corrected chi connectivity index (χ2v) is 3.19. The van der Waals surface area contributed by atoms with E-state index in [9.17, 15) is 24.8 Å². The van der Waals surface area contributed by atoms with Crippen molar-refractivity contribution in [1.29, 1.82) is 0 Å². The first-order chi connectivity index (χ1) is 8.45. The molecule has 0 unspecified atom stereocenters. The Morgan fingerprint density at radius 1 is 1.33 bits per heavy atom. The summed E-state index contributed by atoms with van der Waals surface area (Å²) in [7, 11) is 1.10. The van der Waals surface area contributed by atoms with Crippen molar-refractivity contribution in [2.24, 2.45) is 0 Å². The van der Waals surface area contributed by atoms with Crippen molar-refractivity contribution in [2.75, 3.05) is 7.11 Å². The molecule has 7 nitrogen and oxygen atoms in total. The molecule has 0 heterocycles. The molecule has 94 valence electrons.